The molecule has 0 spiro atoms. The fourth-order valence-corrected chi connectivity index (χ4v) is 4.43. The average Bonchev–Trinajstić information content (AvgIpc) is 2.67. The normalized spacial score (nSPS) is 12.2. The third-order valence-electron chi connectivity index (χ3n) is 4.24. The quantitative estimate of drug-likeness (QED) is 0.586. The first-order valence-electron chi connectivity index (χ1n) is 9.29. The lowest BCUT2D eigenvalue weighted by atomic mass is 10.1. The van der Waals surface area contributed by atoms with E-state index in [0.717, 1.165) is 42.5 Å². The van der Waals surface area contributed by atoms with Crippen LogP contribution in [-0.2, 0) is 16.2 Å². The smallest absolute Gasteiger partial charge is 0.322 e. The predicted molar refractivity (Wildman–Crippen MR) is 105 cm³/mol. The molecule has 30 heavy (non-hydrogen) atoms. The van der Waals surface area contributed by atoms with Crippen LogP contribution < -0.4 is 5.32 Å². The fourth-order valence-electron chi connectivity index (χ4n) is 2.78. The van der Waals surface area contributed by atoms with Gasteiger partial charge in [-0.1, -0.05) is 13.8 Å². The van der Waals surface area contributed by atoms with Crippen molar-refractivity contribution in [3.05, 3.63) is 59.4 Å². The molecule has 2 rings (SSSR count). The third-order valence-corrected chi connectivity index (χ3v) is 6.13. The molecule has 10 heteroatoms. The number of benzene rings is 2. The van der Waals surface area contributed by atoms with Crippen molar-refractivity contribution < 1.29 is 30.8 Å². The Kier molecular flexibility index (Phi) is 7.59. The number of nitrogens with zero attached hydrogens (tertiary/aromatic N) is 1. The summed E-state index contributed by atoms with van der Waals surface area (Å²) in [7, 11) is -3.93. The zero-order valence-electron chi connectivity index (χ0n) is 16.5. The molecule has 0 atom stereocenters. The van der Waals surface area contributed by atoms with Crippen LogP contribution in [0.25, 0.3) is 0 Å². The molecule has 0 unspecified atom stereocenters. The molecule has 2 aromatic carbocycles. The number of hydrogen-bond acceptors (Lipinski definition) is 3. The molecule has 2 aromatic rings. The summed E-state index contributed by atoms with van der Waals surface area (Å²) in [6.07, 6.45) is -3.36. The van der Waals surface area contributed by atoms with Gasteiger partial charge in [0.15, 0.2) is 0 Å². The molecule has 0 bridgehead atoms. The van der Waals surface area contributed by atoms with Gasteiger partial charge in [0.25, 0.3) is 5.91 Å². The van der Waals surface area contributed by atoms with Crippen molar-refractivity contribution >= 4 is 21.6 Å². The minimum Gasteiger partial charge on any atom is -0.322 e. The van der Waals surface area contributed by atoms with Crippen molar-refractivity contribution in [2.45, 2.75) is 37.8 Å². The molecule has 164 valence electrons. The number of alkyl halides is 3. The lowest BCUT2D eigenvalue weighted by molar-refractivity contribution is -0.137. The number of carbonyl (C=O) groups is 1. The molecule has 5 nitrogen and oxygen atoms in total. The Hall–Kier alpha value is -2.46. The number of anilines is 1. The first-order chi connectivity index (χ1) is 14.0. The van der Waals surface area contributed by atoms with Gasteiger partial charge in [0, 0.05) is 18.8 Å². The molecule has 1 N–H and O–H groups in total. The van der Waals surface area contributed by atoms with Crippen molar-refractivity contribution in [2.75, 3.05) is 18.4 Å². The molecule has 0 heterocycles. The van der Waals surface area contributed by atoms with Crippen molar-refractivity contribution in [3.8, 4) is 0 Å². The highest BCUT2D eigenvalue weighted by molar-refractivity contribution is 7.89. The van der Waals surface area contributed by atoms with Crippen molar-refractivity contribution in [2.24, 2.45) is 0 Å². The zero-order valence-corrected chi connectivity index (χ0v) is 17.3. The summed E-state index contributed by atoms with van der Waals surface area (Å²) in [6, 6.07) is 6.51. The lowest BCUT2D eigenvalue weighted by Crippen LogP contribution is -2.32. The minimum absolute atomic E-state index is 0.0132. The number of rotatable bonds is 8. The predicted octanol–water partition coefficient (Wildman–Crippen LogP) is 4.91. The van der Waals surface area contributed by atoms with E-state index in [0.29, 0.717) is 12.8 Å². The van der Waals surface area contributed by atoms with Crippen LogP contribution in [0.2, 0.25) is 0 Å². The van der Waals surface area contributed by atoms with E-state index < -0.39 is 39.1 Å². The second kappa shape index (κ2) is 9.57. The maximum Gasteiger partial charge on any atom is 0.416 e. The molecule has 0 radical (unpaired) electrons. The van der Waals surface area contributed by atoms with Gasteiger partial charge in [-0.15, -0.1) is 0 Å². The van der Waals surface area contributed by atoms with Crippen LogP contribution in [0.15, 0.2) is 47.4 Å². The standard InChI is InChI=1S/C20H22F4N2O3S/c1-3-11-26(12-4-2)30(28,29)16-9-10-18(21)17(13-16)19(27)25-15-7-5-14(6-8-15)20(22,23)24/h5-10,13H,3-4,11-12H2,1-2H3,(H,25,27). The number of sulfonamides is 1. The van der Waals surface area contributed by atoms with Gasteiger partial charge in [0.05, 0.1) is 16.0 Å². The van der Waals surface area contributed by atoms with Gasteiger partial charge < -0.3 is 5.32 Å². The summed E-state index contributed by atoms with van der Waals surface area (Å²) in [6.45, 7) is 4.21. The Morgan fingerprint density at radius 1 is 1.00 bits per heavy atom. The highest BCUT2D eigenvalue weighted by atomic mass is 32.2. The van der Waals surface area contributed by atoms with E-state index in [9.17, 15) is 30.8 Å². The minimum atomic E-state index is -4.53. The van der Waals surface area contributed by atoms with E-state index >= 15 is 0 Å². The van der Waals surface area contributed by atoms with E-state index in [1.807, 2.05) is 13.8 Å². The molecule has 0 fully saturated rings. The van der Waals surface area contributed by atoms with Gasteiger partial charge in [-0.25, -0.2) is 12.8 Å². The second-order valence-corrected chi connectivity index (χ2v) is 8.51. The van der Waals surface area contributed by atoms with E-state index in [2.05, 4.69) is 5.32 Å². The number of amides is 1. The van der Waals surface area contributed by atoms with Crippen molar-refractivity contribution in [1.29, 1.82) is 0 Å². The Balaban J connectivity index is 2.31. The average molecular weight is 446 g/mol. The third kappa shape index (κ3) is 5.57. The summed E-state index contributed by atoms with van der Waals surface area (Å²) in [5.74, 6) is -1.92. The molecular formula is C20H22F4N2O3S. The maximum atomic E-state index is 14.2. The molecule has 1 amide bonds. The molecule has 0 aliphatic heterocycles. The first kappa shape index (κ1) is 23.8. The highest BCUT2D eigenvalue weighted by Crippen LogP contribution is 2.30. The van der Waals surface area contributed by atoms with Gasteiger partial charge in [0.2, 0.25) is 10.0 Å². The number of hydrogen-bond donors (Lipinski definition) is 1. The largest absolute Gasteiger partial charge is 0.416 e. The Morgan fingerprint density at radius 2 is 1.57 bits per heavy atom. The summed E-state index contributed by atoms with van der Waals surface area (Å²) in [5, 5.41) is 2.28. The van der Waals surface area contributed by atoms with Gasteiger partial charge >= 0.3 is 6.18 Å². The van der Waals surface area contributed by atoms with Gasteiger partial charge in [-0.05, 0) is 55.3 Å². The summed E-state index contributed by atoms with van der Waals surface area (Å²) < 4.78 is 79.1. The Labute approximate surface area is 172 Å². The monoisotopic (exact) mass is 446 g/mol. The summed E-state index contributed by atoms with van der Waals surface area (Å²) >= 11 is 0. The van der Waals surface area contributed by atoms with E-state index in [1.165, 1.54) is 4.31 Å². The van der Waals surface area contributed by atoms with Crippen LogP contribution in [0, 0.1) is 5.82 Å². The van der Waals surface area contributed by atoms with Crippen LogP contribution in [0.1, 0.15) is 42.6 Å². The topological polar surface area (TPSA) is 66.5 Å². The molecule has 0 aliphatic rings. The van der Waals surface area contributed by atoms with Crippen LogP contribution in [0.5, 0.6) is 0 Å². The molecule has 0 aromatic heterocycles. The van der Waals surface area contributed by atoms with Crippen molar-refractivity contribution in [1.82, 2.24) is 4.31 Å². The first-order valence-corrected chi connectivity index (χ1v) is 10.7. The van der Waals surface area contributed by atoms with Gasteiger partial charge in [-0.2, -0.15) is 17.5 Å². The second-order valence-electron chi connectivity index (χ2n) is 6.57. The number of nitrogens with one attached hydrogen (secondary N) is 1. The van der Waals surface area contributed by atoms with E-state index in [4.69, 9.17) is 0 Å². The van der Waals surface area contributed by atoms with Crippen LogP contribution in [-0.4, -0.2) is 31.7 Å². The summed E-state index contributed by atoms with van der Waals surface area (Å²) in [4.78, 5) is 12.2. The number of halogens is 4. The van der Waals surface area contributed by atoms with Gasteiger partial charge in [0.1, 0.15) is 5.82 Å². The fraction of sp³-hybridized carbons (Fsp3) is 0.350. The molecular weight excluding hydrogens is 424 g/mol. The Bertz CT molecular complexity index is 984. The highest BCUT2D eigenvalue weighted by Gasteiger charge is 2.30. The zero-order chi connectivity index (χ0) is 22.5. The van der Waals surface area contributed by atoms with Crippen LogP contribution in [0.3, 0.4) is 0 Å². The van der Waals surface area contributed by atoms with E-state index in [1.54, 1.807) is 0 Å². The maximum absolute atomic E-state index is 14.2. The van der Waals surface area contributed by atoms with Crippen molar-refractivity contribution in [3.63, 3.8) is 0 Å². The number of carbonyl (C=O) groups excluding carboxylic acids is 1. The Morgan fingerprint density at radius 3 is 2.07 bits per heavy atom. The summed E-state index contributed by atoms with van der Waals surface area (Å²) in [5.41, 5.74) is -1.41. The lowest BCUT2D eigenvalue weighted by Gasteiger charge is -2.21. The molecule has 0 saturated heterocycles. The molecule has 0 saturated carbocycles. The van der Waals surface area contributed by atoms with Crippen LogP contribution in [0.4, 0.5) is 23.2 Å². The van der Waals surface area contributed by atoms with E-state index in [-0.39, 0.29) is 23.7 Å². The SMILES string of the molecule is CCCN(CCC)S(=O)(=O)c1ccc(F)c(C(=O)Nc2ccc(C(F)(F)F)cc2)c1. The van der Waals surface area contributed by atoms with Gasteiger partial charge in [-0.3, -0.25) is 4.79 Å². The molecule has 0 aliphatic carbocycles. The van der Waals surface area contributed by atoms with Crippen LogP contribution >= 0.6 is 0 Å².